The number of rotatable bonds is 1. The Labute approximate surface area is 81.6 Å². The molecule has 0 saturated heterocycles. The Morgan fingerprint density at radius 3 is 3.21 bits per heavy atom. The van der Waals surface area contributed by atoms with Crippen LogP contribution in [0.15, 0.2) is 29.4 Å². The molecule has 0 saturated carbocycles. The number of aromatic nitrogens is 1. The average Bonchev–Trinajstić information content (AvgIpc) is 2.75. The highest BCUT2D eigenvalue weighted by atomic mass is 16.5. The quantitative estimate of drug-likeness (QED) is 0.669. The molecule has 1 aliphatic rings. The monoisotopic (exact) mass is 186 g/mol. The molecule has 3 heteroatoms. The molecule has 0 N–H and O–H groups in total. The molecular formula is C11H10N2O. The predicted molar refractivity (Wildman–Crippen MR) is 56.1 cm³/mol. The van der Waals surface area contributed by atoms with Crippen LogP contribution in [0.3, 0.4) is 0 Å². The molecule has 1 aromatic carbocycles. The van der Waals surface area contributed by atoms with Crippen molar-refractivity contribution in [2.75, 3.05) is 7.11 Å². The van der Waals surface area contributed by atoms with Crippen molar-refractivity contribution in [3.8, 4) is 5.75 Å². The zero-order chi connectivity index (χ0) is 9.54. The van der Waals surface area contributed by atoms with Crippen LogP contribution in [0.25, 0.3) is 10.8 Å². The Morgan fingerprint density at radius 1 is 1.43 bits per heavy atom. The number of hydrogen-bond donors (Lipinski definition) is 0. The lowest BCUT2D eigenvalue weighted by Crippen LogP contribution is -1.90. The van der Waals surface area contributed by atoms with Gasteiger partial charge in [0.05, 0.1) is 18.2 Å². The smallest absolute Gasteiger partial charge is 0.128 e. The normalized spacial score (nSPS) is 13.5. The lowest BCUT2D eigenvalue weighted by molar-refractivity contribution is 0.420. The molecule has 2 heterocycles. The minimum atomic E-state index is 0.729. The molecule has 3 rings (SSSR count). The van der Waals surface area contributed by atoms with Crippen LogP contribution in [-0.2, 0) is 6.67 Å². The van der Waals surface area contributed by atoms with Crippen LogP contribution in [0.4, 0.5) is 0 Å². The first-order valence-electron chi connectivity index (χ1n) is 4.56. The fourth-order valence-corrected chi connectivity index (χ4v) is 1.95. The van der Waals surface area contributed by atoms with Gasteiger partial charge in [-0.1, -0.05) is 12.1 Å². The van der Waals surface area contributed by atoms with Gasteiger partial charge in [-0.2, -0.15) is 0 Å². The number of nitrogens with zero attached hydrogens (tertiary/aromatic N) is 2. The van der Waals surface area contributed by atoms with Crippen molar-refractivity contribution in [1.29, 1.82) is 0 Å². The predicted octanol–water partition coefficient (Wildman–Crippen LogP) is 2.04. The highest BCUT2D eigenvalue weighted by Crippen LogP contribution is 2.30. The molecule has 0 amide bonds. The molecule has 0 spiro atoms. The van der Waals surface area contributed by atoms with Gasteiger partial charge in [-0.15, -0.1) is 0 Å². The third-order valence-electron chi connectivity index (χ3n) is 2.59. The van der Waals surface area contributed by atoms with E-state index >= 15 is 0 Å². The lowest BCUT2D eigenvalue weighted by atomic mass is 10.1. The van der Waals surface area contributed by atoms with E-state index in [1.807, 2.05) is 18.3 Å². The summed E-state index contributed by atoms with van der Waals surface area (Å²) in [7, 11) is 1.70. The van der Waals surface area contributed by atoms with E-state index in [1.165, 1.54) is 5.39 Å². The number of hydrogen-bond acceptors (Lipinski definition) is 2. The van der Waals surface area contributed by atoms with E-state index < -0.39 is 0 Å². The maximum absolute atomic E-state index is 5.34. The van der Waals surface area contributed by atoms with Crippen molar-refractivity contribution >= 4 is 17.0 Å². The largest absolute Gasteiger partial charge is 0.496 e. The first kappa shape index (κ1) is 7.62. The van der Waals surface area contributed by atoms with Gasteiger partial charge in [0.15, 0.2) is 0 Å². The summed E-state index contributed by atoms with van der Waals surface area (Å²) >= 11 is 0. The zero-order valence-electron chi connectivity index (χ0n) is 7.90. The Balaban J connectivity index is 2.44. The number of ether oxygens (including phenoxy) is 1. The van der Waals surface area contributed by atoms with E-state index in [1.54, 1.807) is 7.11 Å². The minimum Gasteiger partial charge on any atom is -0.496 e. The summed E-state index contributed by atoms with van der Waals surface area (Å²) in [6.45, 7) is 0.729. The number of aliphatic imine (C=N–C) groups is 1. The molecule has 2 aromatic rings. The van der Waals surface area contributed by atoms with Gasteiger partial charge in [0.2, 0.25) is 0 Å². The fourth-order valence-electron chi connectivity index (χ4n) is 1.95. The van der Waals surface area contributed by atoms with E-state index in [0.29, 0.717) is 0 Å². The van der Waals surface area contributed by atoms with Gasteiger partial charge in [0.1, 0.15) is 12.4 Å². The highest BCUT2D eigenvalue weighted by molar-refractivity contribution is 6.03. The van der Waals surface area contributed by atoms with Crippen LogP contribution in [-0.4, -0.2) is 17.9 Å². The van der Waals surface area contributed by atoms with Crippen LogP contribution in [0.5, 0.6) is 5.75 Å². The van der Waals surface area contributed by atoms with Gasteiger partial charge in [0.25, 0.3) is 0 Å². The second-order valence-electron chi connectivity index (χ2n) is 3.36. The molecule has 0 radical (unpaired) electrons. The van der Waals surface area contributed by atoms with Crippen LogP contribution in [0.2, 0.25) is 0 Å². The topological polar surface area (TPSA) is 26.5 Å². The van der Waals surface area contributed by atoms with Crippen molar-refractivity contribution in [3.05, 3.63) is 30.1 Å². The highest BCUT2D eigenvalue weighted by Gasteiger charge is 2.14. The molecule has 0 fully saturated rings. The van der Waals surface area contributed by atoms with E-state index in [4.69, 9.17) is 4.74 Å². The van der Waals surface area contributed by atoms with Crippen molar-refractivity contribution in [2.45, 2.75) is 6.67 Å². The van der Waals surface area contributed by atoms with Gasteiger partial charge in [0, 0.05) is 17.8 Å². The van der Waals surface area contributed by atoms with Crippen LogP contribution < -0.4 is 4.74 Å². The Bertz CT molecular complexity index is 525. The molecule has 0 aliphatic carbocycles. The Kier molecular flexibility index (Phi) is 1.42. The van der Waals surface area contributed by atoms with E-state index in [-0.39, 0.29) is 0 Å². The SMILES string of the molecule is COc1cccc2cn3c(c12)C=NC3. The van der Waals surface area contributed by atoms with Crippen LogP contribution in [0, 0.1) is 0 Å². The first-order valence-corrected chi connectivity index (χ1v) is 4.56. The summed E-state index contributed by atoms with van der Waals surface area (Å²) in [5, 5.41) is 2.38. The van der Waals surface area contributed by atoms with Gasteiger partial charge in [-0.05, 0) is 6.07 Å². The van der Waals surface area contributed by atoms with E-state index in [2.05, 4.69) is 21.8 Å². The number of methoxy groups -OCH3 is 1. The lowest BCUT2D eigenvalue weighted by Gasteiger charge is -2.01. The molecule has 3 nitrogen and oxygen atoms in total. The Morgan fingerprint density at radius 2 is 2.36 bits per heavy atom. The summed E-state index contributed by atoms with van der Waals surface area (Å²) in [5.74, 6) is 0.921. The van der Waals surface area contributed by atoms with E-state index in [9.17, 15) is 0 Å². The Hall–Kier alpha value is -1.77. The van der Waals surface area contributed by atoms with Crippen LogP contribution >= 0.6 is 0 Å². The van der Waals surface area contributed by atoms with Crippen molar-refractivity contribution in [2.24, 2.45) is 4.99 Å². The molecule has 1 aromatic heterocycles. The summed E-state index contributed by atoms with van der Waals surface area (Å²) in [6.07, 6.45) is 4.02. The third kappa shape index (κ3) is 0.839. The van der Waals surface area contributed by atoms with Crippen molar-refractivity contribution < 1.29 is 4.74 Å². The molecule has 1 aliphatic heterocycles. The third-order valence-corrected chi connectivity index (χ3v) is 2.59. The van der Waals surface area contributed by atoms with Crippen molar-refractivity contribution in [3.63, 3.8) is 0 Å². The van der Waals surface area contributed by atoms with Gasteiger partial charge in [-0.25, -0.2) is 0 Å². The molecule has 14 heavy (non-hydrogen) atoms. The second-order valence-corrected chi connectivity index (χ2v) is 3.36. The zero-order valence-corrected chi connectivity index (χ0v) is 7.90. The van der Waals surface area contributed by atoms with Crippen molar-refractivity contribution in [1.82, 2.24) is 4.57 Å². The average molecular weight is 186 g/mol. The summed E-state index contributed by atoms with van der Waals surface area (Å²) < 4.78 is 7.47. The van der Waals surface area contributed by atoms with Gasteiger partial charge >= 0.3 is 0 Å². The number of benzene rings is 1. The maximum atomic E-state index is 5.34. The molecular weight excluding hydrogens is 176 g/mol. The fraction of sp³-hybridized carbons (Fsp3) is 0.182. The minimum absolute atomic E-state index is 0.729. The molecule has 0 atom stereocenters. The first-order chi connectivity index (χ1) is 6.90. The summed E-state index contributed by atoms with van der Waals surface area (Å²) in [5.41, 5.74) is 1.15. The molecule has 70 valence electrons. The van der Waals surface area contributed by atoms with Crippen LogP contribution in [0.1, 0.15) is 5.69 Å². The summed E-state index contributed by atoms with van der Waals surface area (Å²) in [4.78, 5) is 4.22. The second kappa shape index (κ2) is 2.61. The van der Waals surface area contributed by atoms with E-state index in [0.717, 1.165) is 23.5 Å². The molecule has 0 unspecified atom stereocenters. The summed E-state index contributed by atoms with van der Waals surface area (Å²) in [6, 6.07) is 6.08. The van der Waals surface area contributed by atoms with Gasteiger partial charge in [-0.3, -0.25) is 4.99 Å². The molecule has 0 bridgehead atoms. The standard InChI is InChI=1S/C11H10N2O/c1-14-10-4-2-3-8-6-13-7-12-5-9(13)11(8)10/h2-6H,7H2,1H3. The van der Waals surface area contributed by atoms with Gasteiger partial charge < -0.3 is 9.30 Å². The maximum Gasteiger partial charge on any atom is 0.128 e. The number of fused-ring (bicyclic) bond motifs is 3.